The van der Waals surface area contributed by atoms with Gasteiger partial charge in [-0.3, -0.25) is 9.59 Å². The summed E-state index contributed by atoms with van der Waals surface area (Å²) in [5, 5.41) is 2.33. The Morgan fingerprint density at radius 2 is 1.85 bits per heavy atom. The fourth-order valence-corrected chi connectivity index (χ4v) is 2.45. The zero-order valence-corrected chi connectivity index (χ0v) is 15.4. The lowest BCUT2D eigenvalue weighted by atomic mass is 9.95. The fourth-order valence-electron chi connectivity index (χ4n) is 2.45. The number of nitrogens with zero attached hydrogens (tertiary/aromatic N) is 1. The summed E-state index contributed by atoms with van der Waals surface area (Å²) in [5.74, 6) is -0.435. The number of nitrogens with one attached hydrogen (secondary N) is 2. The molecule has 0 saturated carbocycles. The van der Waals surface area contributed by atoms with E-state index in [-0.39, 0.29) is 29.1 Å². The highest BCUT2D eigenvalue weighted by Gasteiger charge is 2.31. The second-order valence-corrected chi connectivity index (χ2v) is 7.20. The zero-order chi connectivity index (χ0) is 20.6. The van der Waals surface area contributed by atoms with Gasteiger partial charge in [0.25, 0.3) is 11.5 Å². The monoisotopic (exact) mass is 382 g/mol. The molecule has 0 bridgehead atoms. The number of H-pyrrole nitrogens is 1. The topological polar surface area (TPSA) is 101 Å². The summed E-state index contributed by atoms with van der Waals surface area (Å²) in [4.78, 5) is 31.6. The minimum Gasteiger partial charge on any atom is -0.326 e. The minimum absolute atomic E-state index is 0.103. The van der Waals surface area contributed by atoms with Gasteiger partial charge in [-0.05, 0) is 30.7 Å². The van der Waals surface area contributed by atoms with Gasteiger partial charge in [0.05, 0.1) is 11.3 Å². The maximum Gasteiger partial charge on any atom is 0.416 e. The van der Waals surface area contributed by atoms with Crippen LogP contribution in [-0.4, -0.2) is 15.9 Å². The van der Waals surface area contributed by atoms with Crippen LogP contribution in [0, 0.1) is 6.92 Å². The average Bonchev–Trinajstić information content (AvgIpc) is 2.52. The maximum absolute atomic E-state index is 13.0. The van der Waals surface area contributed by atoms with E-state index in [4.69, 9.17) is 5.73 Å². The number of aryl methyl sites for hydroxylation is 1. The summed E-state index contributed by atoms with van der Waals surface area (Å²) in [6.07, 6.45) is -4.59. The number of hydrogen-bond acceptors (Lipinski definition) is 4. The Morgan fingerprint density at radius 3 is 2.33 bits per heavy atom. The molecule has 1 aromatic heterocycles. The van der Waals surface area contributed by atoms with Crippen LogP contribution >= 0.6 is 0 Å². The van der Waals surface area contributed by atoms with Crippen molar-refractivity contribution in [3.05, 3.63) is 56.8 Å². The fraction of sp³-hybridized carbons (Fsp3) is 0.389. The normalized spacial score (nSPS) is 12.1. The number of carbonyl (C=O) groups is 1. The molecule has 1 amide bonds. The minimum atomic E-state index is -4.59. The number of aromatic nitrogens is 2. The van der Waals surface area contributed by atoms with Crippen molar-refractivity contribution in [1.82, 2.24) is 9.97 Å². The third-order valence-corrected chi connectivity index (χ3v) is 3.85. The third-order valence-electron chi connectivity index (χ3n) is 3.85. The Bertz CT molecular complexity index is 928. The molecule has 0 unspecified atom stereocenters. The van der Waals surface area contributed by atoms with Crippen molar-refractivity contribution in [2.45, 2.75) is 45.8 Å². The number of aromatic amines is 1. The van der Waals surface area contributed by atoms with E-state index in [1.807, 2.05) is 20.8 Å². The van der Waals surface area contributed by atoms with Gasteiger partial charge in [-0.25, -0.2) is 4.98 Å². The first kappa shape index (κ1) is 20.6. The van der Waals surface area contributed by atoms with Crippen molar-refractivity contribution in [2.24, 2.45) is 5.73 Å². The summed E-state index contributed by atoms with van der Waals surface area (Å²) < 4.78 is 39.0. The van der Waals surface area contributed by atoms with Crippen LogP contribution in [0.4, 0.5) is 18.9 Å². The molecule has 1 aromatic carbocycles. The molecule has 0 atom stereocenters. The smallest absolute Gasteiger partial charge is 0.326 e. The number of nitrogens with two attached hydrogens (primary N) is 1. The number of benzene rings is 1. The van der Waals surface area contributed by atoms with Crippen molar-refractivity contribution < 1.29 is 18.0 Å². The predicted octanol–water partition coefficient (Wildman–Crippen LogP) is 3.11. The van der Waals surface area contributed by atoms with E-state index in [2.05, 4.69) is 15.3 Å². The van der Waals surface area contributed by atoms with E-state index in [0.29, 0.717) is 5.82 Å². The van der Waals surface area contributed by atoms with Gasteiger partial charge >= 0.3 is 6.18 Å². The van der Waals surface area contributed by atoms with Crippen LogP contribution in [0.1, 0.15) is 53.8 Å². The SMILES string of the molecule is Cc1nc(C(C)(C)C)[nH]c(=O)c1C(=O)Nc1cc(CN)cc(C(F)(F)F)c1. The molecule has 0 saturated heterocycles. The first-order chi connectivity index (χ1) is 12.3. The second kappa shape index (κ2) is 7.15. The van der Waals surface area contributed by atoms with Crippen LogP contribution < -0.4 is 16.6 Å². The molecule has 4 N–H and O–H groups in total. The van der Waals surface area contributed by atoms with E-state index in [1.165, 1.54) is 13.0 Å². The summed E-state index contributed by atoms with van der Waals surface area (Å²) in [6, 6.07) is 3.03. The second-order valence-electron chi connectivity index (χ2n) is 7.20. The van der Waals surface area contributed by atoms with Gasteiger partial charge < -0.3 is 16.0 Å². The number of hydrogen-bond donors (Lipinski definition) is 3. The lowest BCUT2D eigenvalue weighted by Crippen LogP contribution is -2.30. The standard InChI is InChI=1S/C18H21F3N4O2/c1-9-13(15(27)25-16(23-9)17(2,3)4)14(26)24-12-6-10(8-22)5-11(7-12)18(19,20)21/h5-7H,8,22H2,1-4H3,(H,24,26)(H,23,25,27). The number of carbonyl (C=O) groups excluding carboxylic acids is 1. The largest absolute Gasteiger partial charge is 0.416 e. The van der Waals surface area contributed by atoms with Gasteiger partial charge in [-0.2, -0.15) is 13.2 Å². The summed E-state index contributed by atoms with van der Waals surface area (Å²) >= 11 is 0. The molecule has 2 rings (SSSR count). The third kappa shape index (κ3) is 4.73. The van der Waals surface area contributed by atoms with Crippen LogP contribution in [0.3, 0.4) is 0 Å². The molecule has 27 heavy (non-hydrogen) atoms. The van der Waals surface area contributed by atoms with E-state index in [0.717, 1.165) is 12.1 Å². The van der Waals surface area contributed by atoms with Gasteiger partial charge in [-0.15, -0.1) is 0 Å². The first-order valence-electron chi connectivity index (χ1n) is 8.17. The highest BCUT2D eigenvalue weighted by atomic mass is 19.4. The highest BCUT2D eigenvalue weighted by Crippen LogP contribution is 2.32. The van der Waals surface area contributed by atoms with Crippen LogP contribution in [0.15, 0.2) is 23.0 Å². The molecule has 9 heteroatoms. The Morgan fingerprint density at radius 1 is 1.22 bits per heavy atom. The zero-order valence-electron chi connectivity index (χ0n) is 15.4. The van der Waals surface area contributed by atoms with Gasteiger partial charge in [0.15, 0.2) is 0 Å². The predicted molar refractivity (Wildman–Crippen MR) is 95.6 cm³/mol. The number of amides is 1. The molecule has 0 fully saturated rings. The van der Waals surface area contributed by atoms with Crippen molar-refractivity contribution in [2.75, 3.05) is 5.32 Å². The van der Waals surface area contributed by atoms with Gasteiger partial charge in [0, 0.05) is 17.6 Å². The van der Waals surface area contributed by atoms with Crippen LogP contribution in [-0.2, 0) is 18.1 Å². The van der Waals surface area contributed by atoms with Crippen LogP contribution in [0.5, 0.6) is 0 Å². The van der Waals surface area contributed by atoms with E-state index >= 15 is 0 Å². The van der Waals surface area contributed by atoms with E-state index in [9.17, 15) is 22.8 Å². The number of anilines is 1. The first-order valence-corrected chi connectivity index (χ1v) is 8.17. The molecule has 6 nitrogen and oxygen atoms in total. The maximum atomic E-state index is 13.0. The van der Waals surface area contributed by atoms with Crippen LogP contribution in [0.2, 0.25) is 0 Å². The van der Waals surface area contributed by atoms with Crippen molar-refractivity contribution in [1.29, 1.82) is 0 Å². The molecule has 0 radical (unpaired) electrons. The Hall–Kier alpha value is -2.68. The van der Waals surface area contributed by atoms with Gasteiger partial charge in [-0.1, -0.05) is 20.8 Å². The average molecular weight is 382 g/mol. The molecule has 0 spiro atoms. The molecule has 146 valence electrons. The molecule has 1 heterocycles. The highest BCUT2D eigenvalue weighted by molar-refractivity contribution is 6.04. The Labute approximate surface area is 154 Å². The van der Waals surface area contributed by atoms with Crippen molar-refractivity contribution in [3.63, 3.8) is 0 Å². The van der Waals surface area contributed by atoms with Crippen molar-refractivity contribution in [3.8, 4) is 0 Å². The Balaban J connectivity index is 2.43. The van der Waals surface area contributed by atoms with E-state index < -0.39 is 28.6 Å². The molecular formula is C18H21F3N4O2. The van der Waals surface area contributed by atoms with Gasteiger partial charge in [0.2, 0.25) is 0 Å². The molecular weight excluding hydrogens is 361 g/mol. The molecule has 2 aromatic rings. The lowest BCUT2D eigenvalue weighted by molar-refractivity contribution is -0.137. The summed E-state index contributed by atoms with van der Waals surface area (Å²) in [7, 11) is 0. The van der Waals surface area contributed by atoms with Gasteiger partial charge in [0.1, 0.15) is 11.4 Å². The summed E-state index contributed by atoms with van der Waals surface area (Å²) in [6.45, 7) is 6.91. The van der Waals surface area contributed by atoms with E-state index in [1.54, 1.807) is 0 Å². The molecule has 0 aliphatic carbocycles. The Kier molecular flexibility index (Phi) is 5.46. The molecule has 0 aliphatic rings. The quantitative estimate of drug-likeness (QED) is 0.759. The van der Waals surface area contributed by atoms with Crippen LogP contribution in [0.25, 0.3) is 0 Å². The number of halogens is 3. The summed E-state index contributed by atoms with van der Waals surface area (Å²) in [5.41, 5.74) is 3.44. The number of alkyl halides is 3. The number of rotatable bonds is 3. The van der Waals surface area contributed by atoms with Crippen molar-refractivity contribution >= 4 is 11.6 Å². The molecule has 0 aliphatic heterocycles. The lowest BCUT2D eigenvalue weighted by Gasteiger charge is -2.18.